The summed E-state index contributed by atoms with van der Waals surface area (Å²) in [6.07, 6.45) is 0.888. The lowest BCUT2D eigenvalue weighted by Gasteiger charge is -2.23. The smallest absolute Gasteiger partial charge is 0.254 e. The molecule has 0 spiro atoms. The number of benzene rings is 2. The van der Waals surface area contributed by atoms with E-state index < -0.39 is 0 Å². The minimum atomic E-state index is -0.311. The van der Waals surface area contributed by atoms with Crippen molar-refractivity contribution in [2.45, 2.75) is 26.8 Å². The zero-order chi connectivity index (χ0) is 15.2. The molecule has 0 aromatic heterocycles. The number of aryl methyl sites for hydroxylation is 1. The molecule has 0 radical (unpaired) electrons. The number of hydrogen-bond acceptors (Lipinski definition) is 1. The number of halogens is 1. The van der Waals surface area contributed by atoms with Crippen LogP contribution in [0.1, 0.15) is 34.8 Å². The van der Waals surface area contributed by atoms with E-state index in [1.807, 2.05) is 42.2 Å². The monoisotopic (exact) mass is 285 g/mol. The Balaban J connectivity index is 2.23. The summed E-state index contributed by atoms with van der Waals surface area (Å²) < 4.78 is 13.2. The SMILES string of the molecule is CCCN(Cc1ccccc1)C(=O)c1ccc(F)cc1C. The number of rotatable bonds is 5. The highest BCUT2D eigenvalue weighted by Gasteiger charge is 2.17. The molecule has 1 amide bonds. The van der Waals surface area contributed by atoms with Gasteiger partial charge >= 0.3 is 0 Å². The highest BCUT2D eigenvalue weighted by atomic mass is 19.1. The minimum Gasteiger partial charge on any atom is -0.334 e. The van der Waals surface area contributed by atoms with E-state index in [1.54, 1.807) is 13.0 Å². The lowest BCUT2D eigenvalue weighted by atomic mass is 10.1. The lowest BCUT2D eigenvalue weighted by Crippen LogP contribution is -2.31. The second kappa shape index (κ2) is 7.02. The Morgan fingerprint density at radius 1 is 1.14 bits per heavy atom. The third-order valence-corrected chi connectivity index (χ3v) is 3.42. The summed E-state index contributed by atoms with van der Waals surface area (Å²) >= 11 is 0. The molecule has 3 heteroatoms. The lowest BCUT2D eigenvalue weighted by molar-refractivity contribution is 0.0742. The first kappa shape index (κ1) is 15.2. The van der Waals surface area contributed by atoms with Crippen LogP contribution in [0.25, 0.3) is 0 Å². The maximum absolute atomic E-state index is 13.2. The number of carbonyl (C=O) groups excluding carboxylic acids is 1. The van der Waals surface area contributed by atoms with Gasteiger partial charge in [-0.25, -0.2) is 4.39 Å². The Morgan fingerprint density at radius 3 is 2.48 bits per heavy atom. The van der Waals surface area contributed by atoms with Crippen LogP contribution < -0.4 is 0 Å². The molecule has 0 atom stereocenters. The average Bonchev–Trinajstić information content (AvgIpc) is 2.47. The van der Waals surface area contributed by atoms with E-state index >= 15 is 0 Å². The fourth-order valence-electron chi connectivity index (χ4n) is 2.36. The molecule has 0 saturated carbocycles. The molecular weight excluding hydrogens is 265 g/mol. The summed E-state index contributed by atoms with van der Waals surface area (Å²) in [6.45, 7) is 5.07. The maximum Gasteiger partial charge on any atom is 0.254 e. The molecule has 0 unspecified atom stereocenters. The quantitative estimate of drug-likeness (QED) is 0.806. The Hall–Kier alpha value is -2.16. The van der Waals surface area contributed by atoms with Crippen LogP contribution in [-0.4, -0.2) is 17.4 Å². The second-order valence-corrected chi connectivity index (χ2v) is 5.17. The van der Waals surface area contributed by atoms with E-state index in [4.69, 9.17) is 0 Å². The van der Waals surface area contributed by atoms with Gasteiger partial charge < -0.3 is 4.90 Å². The van der Waals surface area contributed by atoms with Gasteiger partial charge in [0.05, 0.1) is 0 Å². The zero-order valence-electron chi connectivity index (χ0n) is 12.5. The molecule has 0 saturated heterocycles. The highest BCUT2D eigenvalue weighted by molar-refractivity contribution is 5.95. The molecule has 0 bridgehead atoms. The maximum atomic E-state index is 13.2. The van der Waals surface area contributed by atoms with Crippen LogP contribution in [-0.2, 0) is 6.54 Å². The van der Waals surface area contributed by atoms with Crippen LogP contribution in [0.2, 0.25) is 0 Å². The van der Waals surface area contributed by atoms with Crippen molar-refractivity contribution >= 4 is 5.91 Å². The molecule has 110 valence electrons. The van der Waals surface area contributed by atoms with Gasteiger partial charge in [0, 0.05) is 18.7 Å². The van der Waals surface area contributed by atoms with Crippen molar-refractivity contribution in [3.63, 3.8) is 0 Å². The molecule has 2 aromatic carbocycles. The first-order valence-corrected chi connectivity index (χ1v) is 7.21. The summed E-state index contributed by atoms with van der Waals surface area (Å²) in [5.74, 6) is -0.354. The summed E-state index contributed by atoms with van der Waals surface area (Å²) in [4.78, 5) is 14.5. The van der Waals surface area contributed by atoms with Crippen LogP contribution in [0.4, 0.5) is 4.39 Å². The zero-order valence-corrected chi connectivity index (χ0v) is 12.5. The molecule has 0 N–H and O–H groups in total. The number of hydrogen-bond donors (Lipinski definition) is 0. The first-order chi connectivity index (χ1) is 10.1. The van der Waals surface area contributed by atoms with Crippen molar-refractivity contribution < 1.29 is 9.18 Å². The molecule has 2 aromatic rings. The van der Waals surface area contributed by atoms with E-state index in [1.165, 1.54) is 12.1 Å². The van der Waals surface area contributed by atoms with Crippen LogP contribution in [0.5, 0.6) is 0 Å². The molecule has 0 aliphatic rings. The van der Waals surface area contributed by atoms with Gasteiger partial charge in [-0.3, -0.25) is 4.79 Å². The molecule has 0 heterocycles. The summed E-state index contributed by atoms with van der Waals surface area (Å²) in [5.41, 5.74) is 2.34. The minimum absolute atomic E-state index is 0.0433. The second-order valence-electron chi connectivity index (χ2n) is 5.17. The van der Waals surface area contributed by atoms with Gasteiger partial charge in [-0.1, -0.05) is 37.3 Å². The van der Waals surface area contributed by atoms with Crippen molar-refractivity contribution in [3.05, 3.63) is 71.0 Å². The van der Waals surface area contributed by atoms with Gasteiger partial charge in [0.1, 0.15) is 5.82 Å². The summed E-state index contributed by atoms with van der Waals surface area (Å²) in [7, 11) is 0. The fraction of sp³-hybridized carbons (Fsp3) is 0.278. The van der Waals surface area contributed by atoms with Gasteiger partial charge in [-0.2, -0.15) is 0 Å². The predicted octanol–water partition coefficient (Wildman–Crippen LogP) is 4.19. The number of amides is 1. The molecule has 0 aliphatic carbocycles. The molecule has 21 heavy (non-hydrogen) atoms. The first-order valence-electron chi connectivity index (χ1n) is 7.21. The molecule has 0 aliphatic heterocycles. The van der Waals surface area contributed by atoms with Crippen molar-refractivity contribution in [1.29, 1.82) is 0 Å². The Morgan fingerprint density at radius 2 is 1.86 bits per heavy atom. The topological polar surface area (TPSA) is 20.3 Å². The van der Waals surface area contributed by atoms with Crippen molar-refractivity contribution in [2.24, 2.45) is 0 Å². The van der Waals surface area contributed by atoms with Crippen molar-refractivity contribution in [2.75, 3.05) is 6.54 Å². The standard InChI is InChI=1S/C18H20FNO/c1-3-11-20(13-15-7-5-4-6-8-15)18(21)17-10-9-16(19)12-14(17)2/h4-10,12H,3,11,13H2,1-2H3. The molecular formula is C18H20FNO. The van der Waals surface area contributed by atoms with Gasteiger partial charge in [0.25, 0.3) is 5.91 Å². The fourth-order valence-corrected chi connectivity index (χ4v) is 2.36. The normalized spacial score (nSPS) is 10.4. The summed E-state index contributed by atoms with van der Waals surface area (Å²) in [5, 5.41) is 0. The van der Waals surface area contributed by atoms with Gasteiger partial charge in [0.2, 0.25) is 0 Å². The highest BCUT2D eigenvalue weighted by Crippen LogP contribution is 2.15. The van der Waals surface area contributed by atoms with Gasteiger partial charge in [-0.15, -0.1) is 0 Å². The van der Waals surface area contributed by atoms with Gasteiger partial charge in [-0.05, 0) is 42.7 Å². The van der Waals surface area contributed by atoms with Gasteiger partial charge in [0.15, 0.2) is 0 Å². The third kappa shape index (κ3) is 3.91. The van der Waals surface area contributed by atoms with Crippen LogP contribution in [0, 0.1) is 12.7 Å². The number of carbonyl (C=O) groups is 1. The average molecular weight is 285 g/mol. The molecule has 2 rings (SSSR count). The Bertz CT molecular complexity index is 610. The summed E-state index contributed by atoms with van der Waals surface area (Å²) in [6, 6.07) is 14.2. The predicted molar refractivity (Wildman–Crippen MR) is 82.6 cm³/mol. The van der Waals surface area contributed by atoms with Crippen LogP contribution in [0.3, 0.4) is 0 Å². The van der Waals surface area contributed by atoms with E-state index in [0.717, 1.165) is 12.0 Å². The Labute approximate surface area is 125 Å². The van der Waals surface area contributed by atoms with E-state index in [2.05, 4.69) is 0 Å². The van der Waals surface area contributed by atoms with E-state index in [-0.39, 0.29) is 11.7 Å². The Kier molecular flexibility index (Phi) is 5.09. The van der Waals surface area contributed by atoms with E-state index in [9.17, 15) is 9.18 Å². The van der Waals surface area contributed by atoms with Crippen molar-refractivity contribution in [3.8, 4) is 0 Å². The van der Waals surface area contributed by atoms with Crippen molar-refractivity contribution in [1.82, 2.24) is 4.90 Å². The largest absolute Gasteiger partial charge is 0.334 e. The molecule has 0 fully saturated rings. The third-order valence-electron chi connectivity index (χ3n) is 3.42. The molecule has 2 nitrogen and oxygen atoms in total. The van der Waals surface area contributed by atoms with Crippen LogP contribution in [0.15, 0.2) is 48.5 Å². The number of nitrogens with zero attached hydrogens (tertiary/aromatic N) is 1. The van der Waals surface area contributed by atoms with E-state index in [0.29, 0.717) is 24.2 Å². The van der Waals surface area contributed by atoms with Crippen LogP contribution >= 0.6 is 0 Å².